The van der Waals surface area contributed by atoms with Gasteiger partial charge in [-0.05, 0) is 37.5 Å². The van der Waals surface area contributed by atoms with Crippen LogP contribution in [0, 0.1) is 0 Å². The van der Waals surface area contributed by atoms with Crippen LogP contribution < -0.4 is 0 Å². The number of benzene rings is 1. The molecule has 1 heterocycles. The number of aromatic nitrogens is 2. The number of carbonyl (C=O) groups is 1. The first-order valence-corrected chi connectivity index (χ1v) is 7.61. The topological polar surface area (TPSA) is 46.1 Å². The van der Waals surface area contributed by atoms with Gasteiger partial charge in [-0.1, -0.05) is 32.6 Å². The SMILES string of the molecule is CCN(CC)C(=O)c1snnc1-c1ccc(Br)cc1. The van der Waals surface area contributed by atoms with E-state index in [0.29, 0.717) is 23.7 Å². The highest BCUT2D eigenvalue weighted by Crippen LogP contribution is 2.26. The largest absolute Gasteiger partial charge is 0.338 e. The molecule has 0 radical (unpaired) electrons. The minimum Gasteiger partial charge on any atom is -0.338 e. The van der Waals surface area contributed by atoms with Gasteiger partial charge in [0.1, 0.15) is 10.6 Å². The Morgan fingerprint density at radius 2 is 1.89 bits per heavy atom. The molecule has 1 amide bonds. The highest BCUT2D eigenvalue weighted by atomic mass is 79.9. The molecule has 0 spiro atoms. The van der Waals surface area contributed by atoms with E-state index in [4.69, 9.17) is 0 Å². The molecule has 0 aliphatic heterocycles. The lowest BCUT2D eigenvalue weighted by Crippen LogP contribution is -2.30. The van der Waals surface area contributed by atoms with Gasteiger partial charge in [-0.2, -0.15) is 0 Å². The van der Waals surface area contributed by atoms with Crippen molar-refractivity contribution in [2.45, 2.75) is 13.8 Å². The van der Waals surface area contributed by atoms with Gasteiger partial charge < -0.3 is 4.90 Å². The Kier molecular flexibility index (Phi) is 4.66. The van der Waals surface area contributed by atoms with Crippen LogP contribution in [0.3, 0.4) is 0 Å². The van der Waals surface area contributed by atoms with Gasteiger partial charge in [0.25, 0.3) is 5.91 Å². The molecule has 0 saturated heterocycles. The molecule has 100 valence electrons. The molecule has 6 heteroatoms. The number of hydrogen-bond acceptors (Lipinski definition) is 4. The maximum absolute atomic E-state index is 12.4. The third-order valence-corrected chi connectivity index (χ3v) is 4.09. The molecule has 0 N–H and O–H groups in total. The molecule has 19 heavy (non-hydrogen) atoms. The normalized spacial score (nSPS) is 10.5. The van der Waals surface area contributed by atoms with Gasteiger partial charge in [-0.25, -0.2) is 0 Å². The smallest absolute Gasteiger partial charge is 0.267 e. The predicted octanol–water partition coefficient (Wildman–Crippen LogP) is 3.45. The second kappa shape index (κ2) is 6.25. The highest BCUT2D eigenvalue weighted by Gasteiger charge is 2.21. The quantitative estimate of drug-likeness (QED) is 0.856. The van der Waals surface area contributed by atoms with E-state index in [9.17, 15) is 4.79 Å². The summed E-state index contributed by atoms with van der Waals surface area (Å²) in [6.45, 7) is 5.31. The van der Waals surface area contributed by atoms with E-state index in [2.05, 4.69) is 25.5 Å². The van der Waals surface area contributed by atoms with Crippen LogP contribution in [0.2, 0.25) is 0 Å². The van der Waals surface area contributed by atoms with Crippen LogP contribution in [0.4, 0.5) is 0 Å². The first kappa shape index (κ1) is 14.1. The highest BCUT2D eigenvalue weighted by molar-refractivity contribution is 9.10. The molecule has 0 unspecified atom stereocenters. The van der Waals surface area contributed by atoms with E-state index >= 15 is 0 Å². The summed E-state index contributed by atoms with van der Waals surface area (Å²) in [7, 11) is 0. The van der Waals surface area contributed by atoms with Crippen LogP contribution in [-0.2, 0) is 0 Å². The third-order valence-electron chi connectivity index (χ3n) is 2.85. The number of amides is 1. The molecule has 0 aliphatic carbocycles. The molecule has 0 atom stereocenters. The molecular weight excluding hydrogens is 326 g/mol. The maximum Gasteiger partial charge on any atom is 0.267 e. The van der Waals surface area contributed by atoms with E-state index in [0.717, 1.165) is 21.6 Å². The Hall–Kier alpha value is -1.27. The lowest BCUT2D eigenvalue weighted by atomic mass is 10.1. The average Bonchev–Trinajstić information content (AvgIpc) is 2.90. The number of carbonyl (C=O) groups excluding carboxylic acids is 1. The van der Waals surface area contributed by atoms with Crippen LogP contribution in [0.1, 0.15) is 23.5 Å². The first-order chi connectivity index (χ1) is 9.17. The Labute approximate surface area is 124 Å². The molecule has 0 aliphatic rings. The Balaban J connectivity index is 2.37. The third kappa shape index (κ3) is 3.01. The van der Waals surface area contributed by atoms with E-state index in [1.807, 2.05) is 38.1 Å². The molecule has 4 nitrogen and oxygen atoms in total. The molecule has 2 aromatic rings. The molecule has 2 rings (SSSR count). The van der Waals surface area contributed by atoms with Gasteiger partial charge in [0.05, 0.1) is 0 Å². The fourth-order valence-electron chi connectivity index (χ4n) is 1.78. The van der Waals surface area contributed by atoms with E-state index in [-0.39, 0.29) is 5.91 Å². The minimum atomic E-state index is -0.00193. The van der Waals surface area contributed by atoms with Crippen LogP contribution in [0.25, 0.3) is 11.3 Å². The fourth-order valence-corrected chi connectivity index (χ4v) is 2.70. The maximum atomic E-state index is 12.4. The number of halogens is 1. The van der Waals surface area contributed by atoms with Gasteiger partial charge in [0.2, 0.25) is 0 Å². The summed E-state index contributed by atoms with van der Waals surface area (Å²) in [6, 6.07) is 7.72. The van der Waals surface area contributed by atoms with Crippen molar-refractivity contribution in [3.8, 4) is 11.3 Å². The van der Waals surface area contributed by atoms with Crippen molar-refractivity contribution in [2.75, 3.05) is 13.1 Å². The standard InChI is InChI=1S/C13H14BrN3OS/c1-3-17(4-2)13(18)12-11(15-16-19-12)9-5-7-10(14)8-6-9/h5-8H,3-4H2,1-2H3. The van der Waals surface area contributed by atoms with Crippen molar-refractivity contribution >= 4 is 33.4 Å². The summed E-state index contributed by atoms with van der Waals surface area (Å²) in [6.07, 6.45) is 0. The summed E-state index contributed by atoms with van der Waals surface area (Å²) in [5.41, 5.74) is 1.57. The van der Waals surface area contributed by atoms with Gasteiger partial charge in [-0.3, -0.25) is 4.79 Å². The summed E-state index contributed by atoms with van der Waals surface area (Å²) < 4.78 is 4.92. The Morgan fingerprint density at radius 3 is 2.47 bits per heavy atom. The van der Waals surface area contributed by atoms with Crippen molar-refractivity contribution in [1.82, 2.24) is 14.5 Å². The minimum absolute atomic E-state index is 0.00193. The van der Waals surface area contributed by atoms with E-state index < -0.39 is 0 Å². The number of nitrogens with zero attached hydrogens (tertiary/aromatic N) is 3. The zero-order chi connectivity index (χ0) is 13.8. The second-order valence-electron chi connectivity index (χ2n) is 3.94. The monoisotopic (exact) mass is 339 g/mol. The van der Waals surface area contributed by atoms with E-state index in [1.54, 1.807) is 4.90 Å². The van der Waals surface area contributed by atoms with Gasteiger partial charge in [0.15, 0.2) is 0 Å². The number of hydrogen-bond donors (Lipinski definition) is 0. The molecule has 1 aromatic carbocycles. The molecular formula is C13H14BrN3OS. The lowest BCUT2D eigenvalue weighted by Gasteiger charge is -2.17. The Morgan fingerprint density at radius 1 is 1.26 bits per heavy atom. The zero-order valence-corrected chi connectivity index (χ0v) is 13.2. The summed E-state index contributed by atoms with van der Waals surface area (Å²) in [5, 5.41) is 4.09. The fraction of sp³-hybridized carbons (Fsp3) is 0.308. The number of rotatable bonds is 4. The van der Waals surface area contributed by atoms with Crippen LogP contribution in [0.15, 0.2) is 28.7 Å². The predicted molar refractivity (Wildman–Crippen MR) is 80.3 cm³/mol. The first-order valence-electron chi connectivity index (χ1n) is 6.05. The molecule has 0 saturated carbocycles. The van der Waals surface area contributed by atoms with E-state index in [1.165, 1.54) is 0 Å². The zero-order valence-electron chi connectivity index (χ0n) is 10.8. The molecule has 1 aromatic heterocycles. The van der Waals surface area contributed by atoms with Crippen LogP contribution in [-0.4, -0.2) is 33.5 Å². The second-order valence-corrected chi connectivity index (χ2v) is 5.60. The molecule has 0 fully saturated rings. The summed E-state index contributed by atoms with van der Waals surface area (Å²) in [4.78, 5) is 14.8. The van der Waals surface area contributed by atoms with Crippen molar-refractivity contribution < 1.29 is 4.79 Å². The van der Waals surface area contributed by atoms with Gasteiger partial charge >= 0.3 is 0 Å². The van der Waals surface area contributed by atoms with Gasteiger partial charge in [0, 0.05) is 23.1 Å². The van der Waals surface area contributed by atoms with Crippen molar-refractivity contribution in [3.05, 3.63) is 33.6 Å². The summed E-state index contributed by atoms with van der Waals surface area (Å²) >= 11 is 4.54. The Bertz CT molecular complexity index is 564. The van der Waals surface area contributed by atoms with Crippen molar-refractivity contribution in [1.29, 1.82) is 0 Å². The van der Waals surface area contributed by atoms with Crippen LogP contribution in [0.5, 0.6) is 0 Å². The lowest BCUT2D eigenvalue weighted by molar-refractivity contribution is 0.0778. The molecule has 0 bridgehead atoms. The summed E-state index contributed by atoms with van der Waals surface area (Å²) in [5.74, 6) is -0.00193. The van der Waals surface area contributed by atoms with Crippen LogP contribution >= 0.6 is 27.5 Å². The van der Waals surface area contributed by atoms with Gasteiger partial charge in [-0.15, -0.1) is 5.10 Å². The van der Waals surface area contributed by atoms with Crippen molar-refractivity contribution in [2.24, 2.45) is 0 Å². The van der Waals surface area contributed by atoms with Crippen molar-refractivity contribution in [3.63, 3.8) is 0 Å². The average molecular weight is 340 g/mol.